The van der Waals surface area contributed by atoms with Crippen molar-refractivity contribution in [2.45, 2.75) is 57.6 Å². The summed E-state index contributed by atoms with van der Waals surface area (Å²) >= 11 is 0. The number of hydrogen-bond acceptors (Lipinski definition) is 3. The Kier molecular flexibility index (Phi) is 4.19. The molecule has 20 heavy (non-hydrogen) atoms. The van der Waals surface area contributed by atoms with Gasteiger partial charge in [0.05, 0.1) is 0 Å². The molecule has 3 rings (SSSR count). The average molecular weight is 274 g/mol. The fourth-order valence-electron chi connectivity index (χ4n) is 3.06. The molecule has 2 fully saturated rings. The van der Waals surface area contributed by atoms with Crippen LogP contribution in [0.4, 0.5) is 0 Å². The minimum atomic E-state index is 0.261. The molecule has 4 heteroatoms. The van der Waals surface area contributed by atoms with Crippen molar-refractivity contribution >= 4 is 5.91 Å². The summed E-state index contributed by atoms with van der Waals surface area (Å²) in [4.78, 5) is 17.9. The molecule has 0 aromatic carbocycles. The summed E-state index contributed by atoms with van der Waals surface area (Å²) in [5.41, 5.74) is 1.11. The van der Waals surface area contributed by atoms with Gasteiger partial charge in [0, 0.05) is 31.8 Å². The van der Waals surface area contributed by atoms with Crippen molar-refractivity contribution in [3.63, 3.8) is 0 Å². The first-order chi connectivity index (χ1) is 9.81. The van der Waals surface area contributed by atoms with Crippen molar-refractivity contribution in [1.82, 2.24) is 9.88 Å². The molecular weight excluding hydrogens is 252 g/mol. The molecule has 0 bridgehead atoms. The molecule has 0 spiro atoms. The third-order valence-electron chi connectivity index (χ3n) is 4.18. The molecule has 0 radical (unpaired) electrons. The van der Waals surface area contributed by atoms with Gasteiger partial charge in [0.2, 0.25) is 11.8 Å². The Morgan fingerprint density at radius 3 is 2.85 bits per heavy atom. The van der Waals surface area contributed by atoms with E-state index in [4.69, 9.17) is 4.74 Å². The van der Waals surface area contributed by atoms with Crippen LogP contribution in [0.1, 0.15) is 50.5 Å². The van der Waals surface area contributed by atoms with Gasteiger partial charge in [-0.15, -0.1) is 0 Å². The van der Waals surface area contributed by atoms with E-state index in [1.807, 2.05) is 17.0 Å². The number of hydrogen-bond donors (Lipinski definition) is 0. The largest absolute Gasteiger partial charge is 0.474 e. The van der Waals surface area contributed by atoms with Crippen molar-refractivity contribution in [2.24, 2.45) is 0 Å². The lowest BCUT2D eigenvalue weighted by Gasteiger charge is -2.22. The topological polar surface area (TPSA) is 42.4 Å². The molecule has 1 amide bonds. The zero-order chi connectivity index (χ0) is 13.8. The van der Waals surface area contributed by atoms with Crippen molar-refractivity contribution < 1.29 is 9.53 Å². The standard InChI is InChI=1S/C16H22N2O2/c19-16-7-4-10-18(16)12-13-8-9-17-15(11-13)20-14-5-2-1-3-6-14/h8-9,11,14H,1-7,10,12H2. The molecule has 1 saturated carbocycles. The lowest BCUT2D eigenvalue weighted by Crippen LogP contribution is -2.24. The molecular formula is C16H22N2O2. The highest BCUT2D eigenvalue weighted by Gasteiger charge is 2.20. The van der Waals surface area contributed by atoms with E-state index >= 15 is 0 Å². The second kappa shape index (κ2) is 6.25. The van der Waals surface area contributed by atoms with E-state index in [0.29, 0.717) is 24.9 Å². The number of nitrogens with zero attached hydrogens (tertiary/aromatic N) is 2. The highest BCUT2D eigenvalue weighted by atomic mass is 16.5. The van der Waals surface area contributed by atoms with Crippen LogP contribution in [0.3, 0.4) is 0 Å². The van der Waals surface area contributed by atoms with Gasteiger partial charge in [0.15, 0.2) is 0 Å². The Morgan fingerprint density at radius 1 is 1.25 bits per heavy atom. The SMILES string of the molecule is O=C1CCCN1Cc1ccnc(OC2CCCCC2)c1. The Balaban J connectivity index is 1.61. The molecule has 2 heterocycles. The fraction of sp³-hybridized carbons (Fsp3) is 0.625. The number of carbonyl (C=O) groups excluding carboxylic acids is 1. The zero-order valence-corrected chi connectivity index (χ0v) is 11.9. The summed E-state index contributed by atoms with van der Waals surface area (Å²) in [7, 11) is 0. The van der Waals surface area contributed by atoms with E-state index in [9.17, 15) is 4.79 Å². The van der Waals surface area contributed by atoms with Crippen LogP contribution in [0.2, 0.25) is 0 Å². The molecule has 1 aliphatic heterocycles. The van der Waals surface area contributed by atoms with Crippen LogP contribution >= 0.6 is 0 Å². The number of rotatable bonds is 4. The summed E-state index contributed by atoms with van der Waals surface area (Å²) in [5, 5.41) is 0. The van der Waals surface area contributed by atoms with E-state index in [1.165, 1.54) is 19.3 Å². The van der Waals surface area contributed by atoms with Gasteiger partial charge in [0.1, 0.15) is 6.10 Å². The maximum Gasteiger partial charge on any atom is 0.222 e. The number of ether oxygens (including phenoxy) is 1. The average Bonchev–Trinajstić information content (AvgIpc) is 2.86. The quantitative estimate of drug-likeness (QED) is 0.847. The molecule has 4 nitrogen and oxygen atoms in total. The molecule has 108 valence electrons. The van der Waals surface area contributed by atoms with Gasteiger partial charge in [-0.1, -0.05) is 6.42 Å². The van der Waals surface area contributed by atoms with Crippen LogP contribution in [-0.4, -0.2) is 28.4 Å². The number of amides is 1. The highest BCUT2D eigenvalue weighted by Crippen LogP contribution is 2.23. The van der Waals surface area contributed by atoms with Crippen LogP contribution in [0, 0.1) is 0 Å². The van der Waals surface area contributed by atoms with Crippen LogP contribution in [0.5, 0.6) is 5.88 Å². The van der Waals surface area contributed by atoms with Gasteiger partial charge in [-0.2, -0.15) is 0 Å². The first kappa shape index (κ1) is 13.4. The first-order valence-corrected chi connectivity index (χ1v) is 7.70. The number of carbonyl (C=O) groups is 1. The minimum Gasteiger partial charge on any atom is -0.474 e. The Bertz CT molecular complexity index is 469. The Labute approximate surface area is 120 Å². The summed E-state index contributed by atoms with van der Waals surface area (Å²) < 4.78 is 5.97. The van der Waals surface area contributed by atoms with E-state index in [-0.39, 0.29) is 5.91 Å². The zero-order valence-electron chi connectivity index (χ0n) is 11.9. The predicted molar refractivity (Wildman–Crippen MR) is 76.4 cm³/mol. The molecule has 0 N–H and O–H groups in total. The lowest BCUT2D eigenvalue weighted by atomic mass is 9.98. The molecule has 1 aromatic heterocycles. The smallest absolute Gasteiger partial charge is 0.222 e. The predicted octanol–water partition coefficient (Wildman–Crippen LogP) is 2.92. The van der Waals surface area contributed by atoms with Crippen LogP contribution < -0.4 is 4.74 Å². The van der Waals surface area contributed by atoms with E-state index in [1.54, 1.807) is 6.20 Å². The summed E-state index contributed by atoms with van der Waals surface area (Å²) in [6, 6.07) is 3.96. The van der Waals surface area contributed by atoms with Crippen LogP contribution in [0.15, 0.2) is 18.3 Å². The Hall–Kier alpha value is -1.58. The summed E-state index contributed by atoms with van der Waals surface area (Å²) in [6.07, 6.45) is 9.89. The van der Waals surface area contributed by atoms with Crippen LogP contribution in [-0.2, 0) is 11.3 Å². The van der Waals surface area contributed by atoms with Gasteiger partial charge in [0.25, 0.3) is 0 Å². The normalized spacial score (nSPS) is 20.4. The van der Waals surface area contributed by atoms with E-state index < -0.39 is 0 Å². The molecule has 0 atom stereocenters. The minimum absolute atomic E-state index is 0.261. The first-order valence-electron chi connectivity index (χ1n) is 7.70. The molecule has 1 saturated heterocycles. The van der Waals surface area contributed by atoms with Gasteiger partial charge in [-0.05, 0) is 43.7 Å². The monoisotopic (exact) mass is 274 g/mol. The molecule has 1 aromatic rings. The third kappa shape index (κ3) is 3.30. The number of pyridine rings is 1. The van der Waals surface area contributed by atoms with Gasteiger partial charge < -0.3 is 9.64 Å². The lowest BCUT2D eigenvalue weighted by molar-refractivity contribution is -0.128. The van der Waals surface area contributed by atoms with Crippen molar-refractivity contribution in [3.8, 4) is 5.88 Å². The van der Waals surface area contributed by atoms with Crippen LogP contribution in [0.25, 0.3) is 0 Å². The van der Waals surface area contributed by atoms with Crippen molar-refractivity contribution in [2.75, 3.05) is 6.54 Å². The van der Waals surface area contributed by atoms with Crippen molar-refractivity contribution in [1.29, 1.82) is 0 Å². The van der Waals surface area contributed by atoms with Gasteiger partial charge in [-0.25, -0.2) is 4.98 Å². The Morgan fingerprint density at radius 2 is 2.10 bits per heavy atom. The van der Waals surface area contributed by atoms with E-state index in [0.717, 1.165) is 31.4 Å². The van der Waals surface area contributed by atoms with Crippen molar-refractivity contribution in [3.05, 3.63) is 23.9 Å². The second-order valence-electron chi connectivity index (χ2n) is 5.80. The number of likely N-dealkylation sites (tertiary alicyclic amines) is 1. The summed E-state index contributed by atoms with van der Waals surface area (Å²) in [6.45, 7) is 1.56. The summed E-state index contributed by atoms with van der Waals surface area (Å²) in [5.74, 6) is 0.970. The maximum atomic E-state index is 11.7. The van der Waals surface area contributed by atoms with E-state index in [2.05, 4.69) is 4.98 Å². The molecule has 0 unspecified atom stereocenters. The fourth-order valence-corrected chi connectivity index (χ4v) is 3.06. The molecule has 2 aliphatic rings. The molecule has 1 aliphatic carbocycles. The highest BCUT2D eigenvalue weighted by molar-refractivity contribution is 5.78. The number of aromatic nitrogens is 1. The van der Waals surface area contributed by atoms with Gasteiger partial charge >= 0.3 is 0 Å². The van der Waals surface area contributed by atoms with Gasteiger partial charge in [-0.3, -0.25) is 4.79 Å². The third-order valence-corrected chi connectivity index (χ3v) is 4.18. The maximum absolute atomic E-state index is 11.7. The second-order valence-corrected chi connectivity index (χ2v) is 5.80.